The van der Waals surface area contributed by atoms with Crippen LogP contribution in [0.15, 0.2) is 52.0 Å². The van der Waals surface area contributed by atoms with Gasteiger partial charge >= 0.3 is 0 Å². The van der Waals surface area contributed by atoms with Gasteiger partial charge in [0.2, 0.25) is 5.91 Å². The molecule has 0 atom stereocenters. The first-order chi connectivity index (χ1) is 11.6. The van der Waals surface area contributed by atoms with Crippen molar-refractivity contribution in [2.75, 3.05) is 13.7 Å². The van der Waals surface area contributed by atoms with Crippen LogP contribution in [0.4, 0.5) is 0 Å². The van der Waals surface area contributed by atoms with E-state index in [1.807, 2.05) is 43.3 Å². The Hall–Kier alpha value is -2.34. The number of hydrogen-bond donors (Lipinski definition) is 1. The van der Waals surface area contributed by atoms with Gasteiger partial charge in [-0.25, -0.2) is 5.43 Å². The zero-order valence-electron chi connectivity index (χ0n) is 13.6. The van der Waals surface area contributed by atoms with Crippen LogP contribution in [-0.2, 0) is 11.2 Å². The van der Waals surface area contributed by atoms with Crippen molar-refractivity contribution in [2.45, 2.75) is 13.3 Å². The van der Waals surface area contributed by atoms with E-state index in [1.54, 1.807) is 19.4 Å². The Morgan fingerprint density at radius 2 is 1.96 bits per heavy atom. The SMILES string of the molecule is CCOc1ccc(/C=N/NC(=O)Cc2ccc(Br)cc2)cc1OC. The van der Waals surface area contributed by atoms with Crippen molar-refractivity contribution in [3.05, 3.63) is 58.1 Å². The van der Waals surface area contributed by atoms with Crippen molar-refractivity contribution in [1.82, 2.24) is 5.43 Å². The van der Waals surface area contributed by atoms with Gasteiger partial charge in [0, 0.05) is 4.47 Å². The average Bonchev–Trinajstić information content (AvgIpc) is 2.58. The first kappa shape index (κ1) is 18.0. The van der Waals surface area contributed by atoms with Crippen LogP contribution < -0.4 is 14.9 Å². The van der Waals surface area contributed by atoms with Crippen LogP contribution in [0.2, 0.25) is 0 Å². The van der Waals surface area contributed by atoms with E-state index in [9.17, 15) is 4.79 Å². The van der Waals surface area contributed by atoms with Gasteiger partial charge in [0.05, 0.1) is 26.4 Å². The fourth-order valence-corrected chi connectivity index (χ4v) is 2.31. The Morgan fingerprint density at radius 3 is 2.62 bits per heavy atom. The number of hydrogen-bond acceptors (Lipinski definition) is 4. The third-order valence-electron chi connectivity index (χ3n) is 3.17. The zero-order valence-corrected chi connectivity index (χ0v) is 15.2. The molecule has 2 aromatic rings. The summed E-state index contributed by atoms with van der Waals surface area (Å²) in [5.41, 5.74) is 4.25. The van der Waals surface area contributed by atoms with Crippen LogP contribution >= 0.6 is 15.9 Å². The molecule has 1 amide bonds. The molecule has 1 N–H and O–H groups in total. The van der Waals surface area contributed by atoms with Crippen molar-refractivity contribution in [3.8, 4) is 11.5 Å². The van der Waals surface area contributed by atoms with Crippen LogP contribution in [0, 0.1) is 0 Å². The largest absolute Gasteiger partial charge is 0.493 e. The summed E-state index contributed by atoms with van der Waals surface area (Å²) >= 11 is 3.36. The van der Waals surface area contributed by atoms with Gasteiger partial charge in [0.15, 0.2) is 11.5 Å². The summed E-state index contributed by atoms with van der Waals surface area (Å²) in [5.74, 6) is 1.13. The summed E-state index contributed by atoms with van der Waals surface area (Å²) in [4.78, 5) is 11.9. The molecule has 0 aliphatic heterocycles. The highest BCUT2D eigenvalue weighted by atomic mass is 79.9. The highest BCUT2D eigenvalue weighted by Crippen LogP contribution is 2.27. The Balaban J connectivity index is 1.93. The lowest BCUT2D eigenvalue weighted by Gasteiger charge is -2.09. The van der Waals surface area contributed by atoms with E-state index in [-0.39, 0.29) is 12.3 Å². The smallest absolute Gasteiger partial charge is 0.244 e. The monoisotopic (exact) mass is 390 g/mol. The third-order valence-corrected chi connectivity index (χ3v) is 3.70. The molecule has 24 heavy (non-hydrogen) atoms. The van der Waals surface area contributed by atoms with E-state index in [2.05, 4.69) is 26.5 Å². The number of nitrogens with one attached hydrogen (secondary N) is 1. The molecule has 0 bridgehead atoms. The maximum atomic E-state index is 11.9. The molecule has 0 saturated carbocycles. The molecule has 5 nitrogen and oxygen atoms in total. The lowest BCUT2D eigenvalue weighted by molar-refractivity contribution is -0.120. The molecule has 126 valence electrons. The second kappa shape index (κ2) is 9.08. The molecule has 0 aliphatic rings. The lowest BCUT2D eigenvalue weighted by Crippen LogP contribution is -2.19. The van der Waals surface area contributed by atoms with Crippen LogP contribution in [-0.4, -0.2) is 25.8 Å². The van der Waals surface area contributed by atoms with E-state index in [4.69, 9.17) is 9.47 Å². The van der Waals surface area contributed by atoms with E-state index in [0.29, 0.717) is 18.1 Å². The van der Waals surface area contributed by atoms with Crippen molar-refractivity contribution < 1.29 is 14.3 Å². The number of carbonyl (C=O) groups is 1. The first-order valence-electron chi connectivity index (χ1n) is 7.49. The van der Waals surface area contributed by atoms with E-state index >= 15 is 0 Å². The quantitative estimate of drug-likeness (QED) is 0.580. The number of methoxy groups -OCH3 is 1. The van der Waals surface area contributed by atoms with E-state index in [1.165, 1.54) is 0 Å². The number of carbonyl (C=O) groups excluding carboxylic acids is 1. The number of benzene rings is 2. The fourth-order valence-electron chi connectivity index (χ4n) is 2.05. The minimum Gasteiger partial charge on any atom is -0.493 e. The average molecular weight is 391 g/mol. The maximum Gasteiger partial charge on any atom is 0.244 e. The summed E-state index contributed by atoms with van der Waals surface area (Å²) < 4.78 is 11.7. The van der Waals surface area contributed by atoms with Crippen molar-refractivity contribution in [2.24, 2.45) is 5.10 Å². The molecule has 0 saturated heterocycles. The Bertz CT molecular complexity index is 715. The van der Waals surface area contributed by atoms with Gasteiger partial charge in [-0.2, -0.15) is 5.10 Å². The molecular formula is C18H19BrN2O3. The van der Waals surface area contributed by atoms with E-state index in [0.717, 1.165) is 15.6 Å². The highest BCUT2D eigenvalue weighted by Gasteiger charge is 2.05. The highest BCUT2D eigenvalue weighted by molar-refractivity contribution is 9.10. The van der Waals surface area contributed by atoms with Gasteiger partial charge in [-0.3, -0.25) is 4.79 Å². The van der Waals surface area contributed by atoms with Gasteiger partial charge < -0.3 is 9.47 Å². The molecule has 0 aliphatic carbocycles. The van der Waals surface area contributed by atoms with Crippen LogP contribution in [0.3, 0.4) is 0 Å². The van der Waals surface area contributed by atoms with Crippen LogP contribution in [0.1, 0.15) is 18.1 Å². The Morgan fingerprint density at radius 1 is 1.21 bits per heavy atom. The summed E-state index contributed by atoms with van der Waals surface area (Å²) in [7, 11) is 1.58. The molecule has 0 fully saturated rings. The van der Waals surface area contributed by atoms with Gasteiger partial charge in [-0.05, 0) is 48.4 Å². The molecule has 0 unspecified atom stereocenters. The summed E-state index contributed by atoms with van der Waals surface area (Å²) in [6.45, 7) is 2.48. The minimum atomic E-state index is -0.175. The standard InChI is InChI=1S/C18H19BrN2O3/c1-3-24-16-9-6-14(10-17(16)23-2)12-20-21-18(22)11-13-4-7-15(19)8-5-13/h4-10,12H,3,11H2,1-2H3,(H,21,22)/b20-12+. The zero-order chi connectivity index (χ0) is 17.4. The second-order valence-corrected chi connectivity index (χ2v) is 5.86. The first-order valence-corrected chi connectivity index (χ1v) is 8.29. The topological polar surface area (TPSA) is 59.9 Å². The third kappa shape index (κ3) is 5.38. The van der Waals surface area contributed by atoms with Gasteiger partial charge in [-0.1, -0.05) is 28.1 Å². The Labute approximate surface area is 149 Å². The van der Waals surface area contributed by atoms with Gasteiger partial charge in [-0.15, -0.1) is 0 Å². The predicted octanol–water partition coefficient (Wildman–Crippen LogP) is 3.55. The summed E-state index contributed by atoms with van der Waals surface area (Å²) in [6.07, 6.45) is 1.84. The molecule has 6 heteroatoms. The molecule has 0 heterocycles. The van der Waals surface area contributed by atoms with E-state index < -0.39 is 0 Å². The number of rotatable bonds is 7. The van der Waals surface area contributed by atoms with Crippen molar-refractivity contribution >= 4 is 28.1 Å². The van der Waals surface area contributed by atoms with Gasteiger partial charge in [0.25, 0.3) is 0 Å². The molecule has 2 rings (SSSR count). The van der Waals surface area contributed by atoms with Gasteiger partial charge in [0.1, 0.15) is 0 Å². The number of nitrogens with zero attached hydrogens (tertiary/aromatic N) is 1. The fraction of sp³-hybridized carbons (Fsp3) is 0.222. The molecule has 0 radical (unpaired) electrons. The maximum absolute atomic E-state index is 11.9. The number of amides is 1. The molecule has 0 aromatic heterocycles. The second-order valence-electron chi connectivity index (χ2n) is 4.94. The number of ether oxygens (including phenoxy) is 2. The summed E-state index contributed by atoms with van der Waals surface area (Å²) in [5, 5.41) is 3.98. The predicted molar refractivity (Wildman–Crippen MR) is 97.7 cm³/mol. The molecule has 2 aromatic carbocycles. The van der Waals surface area contributed by atoms with Crippen LogP contribution in [0.25, 0.3) is 0 Å². The van der Waals surface area contributed by atoms with Crippen molar-refractivity contribution in [3.63, 3.8) is 0 Å². The van der Waals surface area contributed by atoms with Crippen LogP contribution in [0.5, 0.6) is 11.5 Å². The Kier molecular flexibility index (Phi) is 6.81. The number of hydrazone groups is 1. The minimum absolute atomic E-state index is 0.175. The lowest BCUT2D eigenvalue weighted by atomic mass is 10.1. The molecular weight excluding hydrogens is 372 g/mol. The summed E-state index contributed by atoms with van der Waals surface area (Å²) in [6, 6.07) is 13.0. The normalized spacial score (nSPS) is 10.6. The molecule has 0 spiro atoms. The van der Waals surface area contributed by atoms with Crippen molar-refractivity contribution in [1.29, 1.82) is 0 Å². The number of halogens is 1.